The first-order valence-corrected chi connectivity index (χ1v) is 6.13. The van der Waals surface area contributed by atoms with E-state index in [4.69, 9.17) is 0 Å². The number of hydrogen-bond donors (Lipinski definition) is 0. The topological polar surface area (TPSA) is 20.3 Å². The fraction of sp³-hybridized carbons (Fsp3) is 0.769. The molecule has 0 spiro atoms. The Kier molecular flexibility index (Phi) is 3.13. The molecule has 0 bridgehead atoms. The van der Waals surface area contributed by atoms with E-state index in [2.05, 4.69) is 18.9 Å². The van der Waals surface area contributed by atoms with E-state index < -0.39 is 0 Å². The molecule has 0 radical (unpaired) electrons. The van der Waals surface area contributed by atoms with Gasteiger partial charge in [0, 0.05) is 31.3 Å². The Morgan fingerprint density at radius 2 is 1.87 bits per heavy atom. The lowest BCUT2D eigenvalue weighted by atomic mass is 9.86. The zero-order valence-electron chi connectivity index (χ0n) is 9.83. The van der Waals surface area contributed by atoms with Crippen molar-refractivity contribution in [2.45, 2.75) is 51.5 Å². The SMILES string of the molecule is CC1CCC(N(C)C2=CC(=O)CC2)CC1. The molecule has 0 aromatic carbocycles. The lowest BCUT2D eigenvalue weighted by molar-refractivity contribution is -0.114. The van der Waals surface area contributed by atoms with Crippen molar-refractivity contribution in [2.24, 2.45) is 5.92 Å². The third kappa shape index (κ3) is 2.42. The summed E-state index contributed by atoms with van der Waals surface area (Å²) in [5.41, 5.74) is 1.26. The third-order valence-corrected chi connectivity index (χ3v) is 3.94. The first-order chi connectivity index (χ1) is 7.16. The van der Waals surface area contributed by atoms with E-state index in [1.165, 1.54) is 31.4 Å². The van der Waals surface area contributed by atoms with Crippen LogP contribution in [-0.4, -0.2) is 23.8 Å². The molecule has 0 aliphatic heterocycles. The van der Waals surface area contributed by atoms with Gasteiger partial charge in [-0.05, 0) is 38.0 Å². The van der Waals surface area contributed by atoms with Gasteiger partial charge in [-0.3, -0.25) is 4.79 Å². The molecule has 2 rings (SSSR count). The molecule has 1 fully saturated rings. The van der Waals surface area contributed by atoms with E-state index in [0.29, 0.717) is 11.8 Å². The molecule has 15 heavy (non-hydrogen) atoms. The van der Waals surface area contributed by atoms with Crippen LogP contribution in [0.1, 0.15) is 45.4 Å². The summed E-state index contributed by atoms with van der Waals surface area (Å²) in [6.45, 7) is 2.34. The van der Waals surface area contributed by atoms with Crippen LogP contribution in [0.5, 0.6) is 0 Å². The average molecular weight is 207 g/mol. The average Bonchev–Trinajstić information content (AvgIpc) is 2.65. The summed E-state index contributed by atoms with van der Waals surface area (Å²) in [5, 5.41) is 0. The van der Waals surface area contributed by atoms with Gasteiger partial charge in [-0.25, -0.2) is 0 Å². The van der Waals surface area contributed by atoms with Crippen LogP contribution < -0.4 is 0 Å². The van der Waals surface area contributed by atoms with Crippen LogP contribution in [0.2, 0.25) is 0 Å². The van der Waals surface area contributed by atoms with Gasteiger partial charge in [-0.2, -0.15) is 0 Å². The van der Waals surface area contributed by atoms with Crippen molar-refractivity contribution in [1.29, 1.82) is 0 Å². The molecule has 0 unspecified atom stereocenters. The molecule has 0 aromatic rings. The van der Waals surface area contributed by atoms with Crippen LogP contribution in [0.15, 0.2) is 11.8 Å². The normalized spacial score (nSPS) is 31.6. The van der Waals surface area contributed by atoms with Crippen molar-refractivity contribution in [3.8, 4) is 0 Å². The highest BCUT2D eigenvalue weighted by Crippen LogP contribution is 2.30. The quantitative estimate of drug-likeness (QED) is 0.694. The van der Waals surface area contributed by atoms with Gasteiger partial charge >= 0.3 is 0 Å². The van der Waals surface area contributed by atoms with Crippen LogP contribution >= 0.6 is 0 Å². The van der Waals surface area contributed by atoms with E-state index in [1.54, 1.807) is 0 Å². The molecule has 1 saturated carbocycles. The van der Waals surface area contributed by atoms with Crippen LogP contribution in [0.4, 0.5) is 0 Å². The third-order valence-electron chi connectivity index (χ3n) is 3.94. The number of carbonyl (C=O) groups excluding carboxylic acids is 1. The lowest BCUT2D eigenvalue weighted by Crippen LogP contribution is -2.33. The van der Waals surface area contributed by atoms with Crippen LogP contribution in [0.25, 0.3) is 0 Å². The number of allylic oxidation sites excluding steroid dienone is 2. The predicted octanol–water partition coefficient (Wildman–Crippen LogP) is 2.74. The summed E-state index contributed by atoms with van der Waals surface area (Å²) < 4.78 is 0. The maximum Gasteiger partial charge on any atom is 0.157 e. The van der Waals surface area contributed by atoms with Crippen molar-refractivity contribution in [3.05, 3.63) is 11.8 Å². The molecule has 2 heteroatoms. The summed E-state index contributed by atoms with van der Waals surface area (Å²) in [6.07, 6.45) is 8.81. The molecule has 0 aromatic heterocycles. The van der Waals surface area contributed by atoms with E-state index in [9.17, 15) is 4.79 Å². The minimum atomic E-state index is 0.307. The largest absolute Gasteiger partial charge is 0.375 e. The molecule has 2 aliphatic carbocycles. The van der Waals surface area contributed by atoms with Crippen molar-refractivity contribution in [3.63, 3.8) is 0 Å². The van der Waals surface area contributed by atoms with Gasteiger partial charge < -0.3 is 4.90 Å². The first kappa shape index (κ1) is 10.7. The zero-order chi connectivity index (χ0) is 10.8. The van der Waals surface area contributed by atoms with E-state index in [-0.39, 0.29) is 0 Å². The Balaban J connectivity index is 1.93. The second kappa shape index (κ2) is 4.38. The minimum absolute atomic E-state index is 0.307. The van der Waals surface area contributed by atoms with Crippen molar-refractivity contribution in [2.75, 3.05) is 7.05 Å². The van der Waals surface area contributed by atoms with E-state index in [0.717, 1.165) is 18.8 Å². The van der Waals surface area contributed by atoms with Gasteiger partial charge in [0.15, 0.2) is 5.78 Å². The van der Waals surface area contributed by atoms with Crippen molar-refractivity contribution >= 4 is 5.78 Å². The number of ketones is 1. The first-order valence-electron chi connectivity index (χ1n) is 6.13. The summed E-state index contributed by atoms with van der Waals surface area (Å²) in [7, 11) is 2.16. The molecular weight excluding hydrogens is 186 g/mol. The van der Waals surface area contributed by atoms with Crippen LogP contribution in [0, 0.1) is 5.92 Å². The molecule has 0 amide bonds. The molecule has 0 atom stereocenters. The fourth-order valence-corrected chi connectivity index (χ4v) is 2.72. The summed E-state index contributed by atoms with van der Waals surface area (Å²) >= 11 is 0. The molecule has 84 valence electrons. The molecule has 0 saturated heterocycles. The fourth-order valence-electron chi connectivity index (χ4n) is 2.72. The highest BCUT2D eigenvalue weighted by Gasteiger charge is 2.25. The second-order valence-electron chi connectivity index (χ2n) is 5.13. The molecule has 2 aliphatic rings. The molecule has 0 N–H and O–H groups in total. The smallest absolute Gasteiger partial charge is 0.157 e. The van der Waals surface area contributed by atoms with Crippen molar-refractivity contribution in [1.82, 2.24) is 4.90 Å². The highest BCUT2D eigenvalue weighted by atomic mass is 16.1. The Hall–Kier alpha value is -0.790. The maximum atomic E-state index is 11.2. The second-order valence-corrected chi connectivity index (χ2v) is 5.13. The minimum Gasteiger partial charge on any atom is -0.375 e. The van der Waals surface area contributed by atoms with Gasteiger partial charge in [0.25, 0.3) is 0 Å². The monoisotopic (exact) mass is 207 g/mol. The standard InChI is InChI=1S/C13H21NO/c1-10-3-5-11(6-4-10)14(2)12-7-8-13(15)9-12/h9-11H,3-8H2,1-2H3. The Morgan fingerprint density at radius 3 is 2.40 bits per heavy atom. The zero-order valence-corrected chi connectivity index (χ0v) is 9.83. The Bertz CT molecular complexity index is 274. The number of rotatable bonds is 2. The van der Waals surface area contributed by atoms with Gasteiger partial charge in [0.2, 0.25) is 0 Å². The van der Waals surface area contributed by atoms with E-state index >= 15 is 0 Å². The summed E-state index contributed by atoms with van der Waals surface area (Å²) in [4.78, 5) is 13.5. The maximum absolute atomic E-state index is 11.2. The Labute approximate surface area is 92.3 Å². The number of nitrogens with zero attached hydrogens (tertiary/aromatic N) is 1. The molecular formula is C13H21NO. The predicted molar refractivity (Wildman–Crippen MR) is 61.5 cm³/mol. The van der Waals surface area contributed by atoms with Crippen LogP contribution in [0.3, 0.4) is 0 Å². The molecule has 2 nitrogen and oxygen atoms in total. The number of hydrogen-bond acceptors (Lipinski definition) is 2. The lowest BCUT2D eigenvalue weighted by Gasteiger charge is -2.35. The Morgan fingerprint density at radius 1 is 1.20 bits per heavy atom. The molecule has 0 heterocycles. The highest BCUT2D eigenvalue weighted by molar-refractivity contribution is 5.92. The van der Waals surface area contributed by atoms with Gasteiger partial charge in [0.1, 0.15) is 0 Å². The van der Waals surface area contributed by atoms with Crippen molar-refractivity contribution < 1.29 is 4.79 Å². The number of carbonyl (C=O) groups is 1. The van der Waals surface area contributed by atoms with Gasteiger partial charge in [0.05, 0.1) is 0 Å². The summed E-state index contributed by atoms with van der Waals surface area (Å²) in [5.74, 6) is 1.20. The van der Waals surface area contributed by atoms with Gasteiger partial charge in [-0.15, -0.1) is 0 Å². The summed E-state index contributed by atoms with van der Waals surface area (Å²) in [6, 6.07) is 0.679. The van der Waals surface area contributed by atoms with Crippen LogP contribution in [-0.2, 0) is 4.79 Å². The van der Waals surface area contributed by atoms with E-state index in [1.807, 2.05) is 6.08 Å². The van der Waals surface area contributed by atoms with Gasteiger partial charge in [-0.1, -0.05) is 6.92 Å².